The van der Waals surface area contributed by atoms with Gasteiger partial charge in [-0.2, -0.15) is 0 Å². The first-order valence-corrected chi connectivity index (χ1v) is 14.3. The Hall–Kier alpha value is -0.903. The maximum atomic E-state index is 3.72. The average Bonchev–Trinajstić information content (AvgIpc) is 3.17. The van der Waals surface area contributed by atoms with Crippen LogP contribution >= 0.6 is 31.9 Å². The predicted molar refractivity (Wildman–Crippen MR) is 127 cm³/mol. The number of allylic oxidation sites excluding steroid dienone is 4. The highest BCUT2D eigenvalue weighted by Gasteiger charge is 2.44. The Balaban J connectivity index is 1.86. The number of hydrogen-bond acceptors (Lipinski definition) is 0. The first-order chi connectivity index (χ1) is 12.6. The Labute approximate surface area is 181 Å². The van der Waals surface area contributed by atoms with Gasteiger partial charge < -0.3 is 0 Å². The molecule has 0 saturated carbocycles. The van der Waals surface area contributed by atoms with Gasteiger partial charge in [-0.25, -0.2) is 0 Å². The molecule has 0 aliphatic heterocycles. The van der Waals surface area contributed by atoms with E-state index < -0.39 is 8.07 Å². The van der Waals surface area contributed by atoms with Crippen LogP contribution in [0.5, 0.6) is 0 Å². The number of halogens is 2. The second kappa shape index (κ2) is 6.57. The summed E-state index contributed by atoms with van der Waals surface area (Å²) in [6, 6.07) is 13.6. The Kier molecular flexibility index (Phi) is 4.72. The Bertz CT molecular complexity index is 938. The fraction of sp³-hybridized carbons (Fsp3) is 0.333. The van der Waals surface area contributed by atoms with Crippen molar-refractivity contribution in [1.29, 1.82) is 0 Å². The molecule has 0 nitrogen and oxygen atoms in total. The monoisotopic (exact) mass is 500 g/mol. The zero-order valence-electron chi connectivity index (χ0n) is 16.7. The van der Waals surface area contributed by atoms with E-state index in [4.69, 9.17) is 0 Å². The Morgan fingerprint density at radius 1 is 0.889 bits per heavy atom. The summed E-state index contributed by atoms with van der Waals surface area (Å²) in [6.07, 6.45) is 6.11. The molecule has 0 atom stereocenters. The molecule has 0 heterocycles. The highest BCUT2D eigenvalue weighted by atomic mass is 79.9. The van der Waals surface area contributed by atoms with E-state index >= 15 is 0 Å². The third-order valence-corrected chi connectivity index (χ3v) is 11.3. The molecule has 0 aromatic heterocycles. The van der Waals surface area contributed by atoms with Gasteiger partial charge in [-0.3, -0.25) is 0 Å². The molecule has 0 unspecified atom stereocenters. The zero-order valence-corrected chi connectivity index (χ0v) is 20.8. The fourth-order valence-corrected chi connectivity index (χ4v) is 8.98. The Morgan fingerprint density at radius 3 is 1.85 bits per heavy atom. The minimum absolute atomic E-state index is 0.226. The zero-order chi connectivity index (χ0) is 19.6. The predicted octanol–water partition coefficient (Wildman–Crippen LogP) is 8.41. The SMILES string of the molecule is CC(C)(C)C1=CCC([Si](C)(C)C2c3cc(Br)ccc3-c3ccc(Br)cc32)=C1. The van der Waals surface area contributed by atoms with Crippen LogP contribution < -0.4 is 0 Å². The van der Waals surface area contributed by atoms with E-state index in [1.165, 1.54) is 36.8 Å². The molecule has 0 N–H and O–H groups in total. The van der Waals surface area contributed by atoms with Crippen molar-refractivity contribution in [3.8, 4) is 11.1 Å². The standard InChI is InChI=1S/C24H26Br2Si/c1-24(2,3)15-6-9-18(12-15)27(4,5)23-21-13-16(25)7-10-19(21)20-11-8-17(26)14-22(20)23/h6-8,10-14,23H,9H2,1-5H3. The second-order valence-electron chi connectivity index (χ2n) is 9.40. The molecule has 2 aromatic rings. The van der Waals surface area contributed by atoms with Crippen LogP contribution in [0.2, 0.25) is 13.1 Å². The van der Waals surface area contributed by atoms with Gasteiger partial charge in [0.2, 0.25) is 0 Å². The van der Waals surface area contributed by atoms with Crippen molar-refractivity contribution in [3.63, 3.8) is 0 Å². The summed E-state index contributed by atoms with van der Waals surface area (Å²) in [6.45, 7) is 12.1. The van der Waals surface area contributed by atoms with Gasteiger partial charge in [-0.15, -0.1) is 0 Å². The minimum atomic E-state index is -1.74. The molecule has 3 heteroatoms. The molecule has 4 rings (SSSR count). The number of rotatable bonds is 2. The lowest BCUT2D eigenvalue weighted by Gasteiger charge is -2.33. The van der Waals surface area contributed by atoms with Crippen molar-refractivity contribution in [2.45, 2.75) is 45.8 Å². The van der Waals surface area contributed by atoms with E-state index in [1.807, 2.05) is 0 Å². The molecule has 2 aliphatic carbocycles. The molecule has 27 heavy (non-hydrogen) atoms. The molecule has 140 valence electrons. The lowest BCUT2D eigenvalue weighted by molar-refractivity contribution is 0.518. The van der Waals surface area contributed by atoms with E-state index in [1.54, 1.807) is 5.20 Å². The molecule has 0 spiro atoms. The first-order valence-electron chi connectivity index (χ1n) is 9.60. The van der Waals surface area contributed by atoms with Crippen LogP contribution in [0, 0.1) is 5.41 Å². The van der Waals surface area contributed by atoms with Crippen LogP contribution in [-0.4, -0.2) is 8.07 Å². The third kappa shape index (κ3) is 3.26. The van der Waals surface area contributed by atoms with E-state index in [9.17, 15) is 0 Å². The van der Waals surface area contributed by atoms with Gasteiger partial charge in [0.05, 0.1) is 8.07 Å². The lowest BCUT2D eigenvalue weighted by Crippen LogP contribution is -2.37. The molecule has 2 aromatic carbocycles. The smallest absolute Gasteiger partial charge is 0.0771 e. The summed E-state index contributed by atoms with van der Waals surface area (Å²) in [4.78, 5) is 0. The average molecular weight is 502 g/mol. The summed E-state index contributed by atoms with van der Waals surface area (Å²) in [5, 5.41) is 1.68. The summed E-state index contributed by atoms with van der Waals surface area (Å²) < 4.78 is 2.36. The van der Waals surface area contributed by atoms with Crippen molar-refractivity contribution < 1.29 is 0 Å². The van der Waals surface area contributed by atoms with Gasteiger partial charge in [-0.1, -0.05) is 95.2 Å². The van der Waals surface area contributed by atoms with Crippen LogP contribution in [0.4, 0.5) is 0 Å². The van der Waals surface area contributed by atoms with E-state index in [-0.39, 0.29) is 5.41 Å². The molecule has 0 saturated heterocycles. The lowest BCUT2D eigenvalue weighted by atomic mass is 9.87. The number of benzene rings is 2. The quantitative estimate of drug-likeness (QED) is 0.362. The van der Waals surface area contributed by atoms with E-state index in [2.05, 4.69) is 114 Å². The van der Waals surface area contributed by atoms with Gasteiger partial charge in [0, 0.05) is 14.5 Å². The van der Waals surface area contributed by atoms with E-state index in [0.717, 1.165) is 6.42 Å². The molecule has 0 fully saturated rings. The van der Waals surface area contributed by atoms with Crippen LogP contribution in [0.25, 0.3) is 11.1 Å². The van der Waals surface area contributed by atoms with Gasteiger partial charge in [0.25, 0.3) is 0 Å². The molecular weight excluding hydrogens is 476 g/mol. The van der Waals surface area contributed by atoms with E-state index in [0.29, 0.717) is 5.54 Å². The first kappa shape index (κ1) is 19.4. The van der Waals surface area contributed by atoms with Crippen molar-refractivity contribution in [3.05, 3.63) is 79.4 Å². The molecule has 0 bridgehead atoms. The largest absolute Gasteiger partial charge is 0.0881 e. The van der Waals surface area contributed by atoms with Crippen molar-refractivity contribution in [1.82, 2.24) is 0 Å². The maximum Gasteiger partial charge on any atom is 0.0881 e. The van der Waals surface area contributed by atoms with Gasteiger partial charge in [0.15, 0.2) is 0 Å². The van der Waals surface area contributed by atoms with Crippen molar-refractivity contribution in [2.24, 2.45) is 5.41 Å². The minimum Gasteiger partial charge on any atom is -0.0771 e. The third-order valence-electron chi connectivity index (χ3n) is 6.23. The summed E-state index contributed by atoms with van der Waals surface area (Å²) in [5.74, 6) is 0. The molecule has 0 radical (unpaired) electrons. The van der Waals surface area contributed by atoms with Gasteiger partial charge >= 0.3 is 0 Å². The van der Waals surface area contributed by atoms with Crippen LogP contribution in [0.1, 0.15) is 43.9 Å². The van der Waals surface area contributed by atoms with Crippen LogP contribution in [0.15, 0.2) is 68.3 Å². The normalized spacial score (nSPS) is 16.9. The molecular formula is C24H26Br2Si. The summed E-state index contributed by atoms with van der Waals surface area (Å²) >= 11 is 7.44. The summed E-state index contributed by atoms with van der Waals surface area (Å²) in [7, 11) is -1.74. The Morgan fingerprint density at radius 2 is 1.41 bits per heavy atom. The maximum absolute atomic E-state index is 3.72. The topological polar surface area (TPSA) is 0 Å². The van der Waals surface area contributed by atoms with Crippen molar-refractivity contribution in [2.75, 3.05) is 0 Å². The van der Waals surface area contributed by atoms with Gasteiger partial charge in [0.1, 0.15) is 0 Å². The number of fused-ring (bicyclic) bond motifs is 3. The molecule has 0 amide bonds. The molecule has 2 aliphatic rings. The highest BCUT2D eigenvalue weighted by molar-refractivity contribution is 9.10. The van der Waals surface area contributed by atoms with Crippen LogP contribution in [-0.2, 0) is 0 Å². The van der Waals surface area contributed by atoms with Crippen LogP contribution in [0.3, 0.4) is 0 Å². The second-order valence-corrected chi connectivity index (χ2v) is 15.9. The fourth-order valence-electron chi connectivity index (χ4n) is 4.66. The van der Waals surface area contributed by atoms with Gasteiger partial charge in [-0.05, 0) is 63.9 Å². The number of hydrogen-bond donors (Lipinski definition) is 0. The van der Waals surface area contributed by atoms with Crippen molar-refractivity contribution >= 4 is 39.9 Å². The highest BCUT2D eigenvalue weighted by Crippen LogP contribution is 2.53. The summed E-state index contributed by atoms with van der Waals surface area (Å²) in [5.41, 5.74) is 8.04.